The number of anilines is 1. The van der Waals surface area contributed by atoms with Crippen molar-refractivity contribution >= 4 is 34.6 Å². The molecule has 6 atom stereocenters. The molecule has 1 N–H and O–H groups in total. The lowest BCUT2D eigenvalue weighted by Gasteiger charge is -2.55. The van der Waals surface area contributed by atoms with Gasteiger partial charge in [-0.05, 0) is 60.1 Å². The first-order chi connectivity index (χ1) is 25.2. The van der Waals surface area contributed by atoms with Crippen LogP contribution in [-0.2, 0) is 31.0 Å². The number of rotatable bonds is 7. The van der Waals surface area contributed by atoms with Gasteiger partial charge in [-0.3, -0.25) is 24.1 Å². The fourth-order valence-electron chi connectivity index (χ4n) is 9.49. The Morgan fingerprint density at radius 2 is 1.52 bits per heavy atom. The number of benzene rings is 4. The summed E-state index contributed by atoms with van der Waals surface area (Å²) in [5.74, 6) is -4.48. The number of fused-ring (bicyclic) bond motifs is 4. The molecule has 1 saturated heterocycles. The van der Waals surface area contributed by atoms with Gasteiger partial charge in [0.25, 0.3) is 0 Å². The summed E-state index contributed by atoms with van der Waals surface area (Å²) in [7, 11) is 2.97. The highest BCUT2D eigenvalue weighted by atomic mass is 16.5. The third kappa shape index (κ3) is 4.80. The summed E-state index contributed by atoms with van der Waals surface area (Å²) in [4.78, 5) is 60.5. The lowest BCUT2D eigenvalue weighted by atomic mass is 9.44. The summed E-state index contributed by atoms with van der Waals surface area (Å²) < 4.78 is 11.4. The zero-order valence-electron chi connectivity index (χ0n) is 29.2. The van der Waals surface area contributed by atoms with Crippen molar-refractivity contribution in [3.05, 3.63) is 137 Å². The molecule has 0 aromatic heterocycles. The average molecular weight is 694 g/mol. The molecule has 0 bridgehead atoms. The van der Waals surface area contributed by atoms with E-state index in [0.717, 1.165) is 17.6 Å². The van der Waals surface area contributed by atoms with Crippen molar-refractivity contribution in [1.82, 2.24) is 0 Å². The number of hydrogen-bond acceptors (Lipinski definition) is 7. The summed E-state index contributed by atoms with van der Waals surface area (Å²) in [6.07, 6.45) is 4.68. The van der Waals surface area contributed by atoms with Gasteiger partial charge in [-0.1, -0.05) is 91.4 Å². The third-order valence-corrected chi connectivity index (χ3v) is 11.8. The summed E-state index contributed by atoms with van der Waals surface area (Å²) in [5.41, 5.74) is 2.71. The second-order valence-electron chi connectivity index (χ2n) is 14.1. The van der Waals surface area contributed by atoms with Crippen molar-refractivity contribution in [2.24, 2.45) is 23.7 Å². The van der Waals surface area contributed by atoms with E-state index in [1.54, 1.807) is 6.07 Å². The minimum absolute atomic E-state index is 0.161. The van der Waals surface area contributed by atoms with E-state index in [2.05, 4.69) is 0 Å². The number of phenols is 1. The van der Waals surface area contributed by atoms with Crippen LogP contribution in [0.3, 0.4) is 0 Å². The molecule has 8 rings (SSSR count). The van der Waals surface area contributed by atoms with Crippen LogP contribution in [0.25, 0.3) is 5.57 Å². The molecule has 3 aliphatic carbocycles. The zero-order chi connectivity index (χ0) is 36.3. The van der Waals surface area contributed by atoms with Crippen LogP contribution in [0, 0.1) is 23.7 Å². The number of Topliss-reactive ketones (excluding diaryl/α,β-unsaturated/α-hetero) is 1. The maximum atomic E-state index is 15.3. The normalized spacial score (nSPS) is 26.6. The Labute approximate surface area is 302 Å². The second-order valence-corrected chi connectivity index (χ2v) is 14.1. The molecular formula is C44H39NO7. The number of ether oxygens (including phenoxy) is 2. The van der Waals surface area contributed by atoms with E-state index in [-0.39, 0.29) is 47.7 Å². The lowest BCUT2D eigenvalue weighted by molar-refractivity contribution is -0.135. The maximum absolute atomic E-state index is 15.3. The van der Waals surface area contributed by atoms with Crippen LogP contribution in [-0.4, -0.2) is 42.7 Å². The molecule has 1 saturated carbocycles. The van der Waals surface area contributed by atoms with Crippen LogP contribution >= 0.6 is 0 Å². The van der Waals surface area contributed by atoms with Crippen molar-refractivity contribution in [2.45, 2.75) is 37.5 Å². The molecule has 0 unspecified atom stereocenters. The number of aromatic hydroxyl groups is 1. The van der Waals surface area contributed by atoms with E-state index < -0.39 is 35.0 Å². The van der Waals surface area contributed by atoms with Gasteiger partial charge >= 0.3 is 0 Å². The Kier molecular flexibility index (Phi) is 8.20. The van der Waals surface area contributed by atoms with Gasteiger partial charge in [-0.25, -0.2) is 0 Å². The minimum atomic E-state index is -1.51. The molecule has 262 valence electrons. The van der Waals surface area contributed by atoms with E-state index in [4.69, 9.17) is 9.47 Å². The summed E-state index contributed by atoms with van der Waals surface area (Å²) in [5, 5.41) is 11.9. The van der Waals surface area contributed by atoms with Gasteiger partial charge in [0, 0.05) is 35.1 Å². The van der Waals surface area contributed by atoms with Crippen molar-refractivity contribution in [3.8, 4) is 17.2 Å². The number of carbonyl (C=O) groups is 4. The van der Waals surface area contributed by atoms with E-state index in [9.17, 15) is 14.7 Å². The van der Waals surface area contributed by atoms with Crippen molar-refractivity contribution in [1.29, 1.82) is 0 Å². The van der Waals surface area contributed by atoms with Gasteiger partial charge in [-0.15, -0.1) is 0 Å². The Morgan fingerprint density at radius 3 is 2.17 bits per heavy atom. The number of phenolic OH excluding ortho intramolecular Hbond substituents is 1. The number of imide groups is 1. The number of amides is 2. The summed E-state index contributed by atoms with van der Waals surface area (Å²) in [6.45, 7) is 2.04. The number of hydrogen-bond donors (Lipinski definition) is 1. The SMILES string of the molecule is CCc1ccc(N2C(=O)[C@H]3[C@H](CC=C4[C@H]3C[C@H]3C(=O)C(c5ccccc5)=CC(=O)[C@@]3(c3ccccc3)[C@H]4c3c(O)cc(OC)cc3OC)C2=O)cc1. The number of aryl methyl sites for hydroxylation is 1. The van der Waals surface area contributed by atoms with Gasteiger partial charge < -0.3 is 14.6 Å². The highest BCUT2D eigenvalue weighted by Gasteiger charge is 2.66. The molecule has 1 aliphatic heterocycles. The van der Waals surface area contributed by atoms with E-state index in [0.29, 0.717) is 33.7 Å². The molecule has 1 heterocycles. The minimum Gasteiger partial charge on any atom is -0.507 e. The van der Waals surface area contributed by atoms with Crippen molar-refractivity contribution < 1.29 is 33.8 Å². The molecule has 2 fully saturated rings. The van der Waals surface area contributed by atoms with Gasteiger partial charge in [0.1, 0.15) is 17.2 Å². The largest absolute Gasteiger partial charge is 0.507 e. The summed E-state index contributed by atoms with van der Waals surface area (Å²) in [6, 6.07) is 29.0. The first kappa shape index (κ1) is 33.4. The molecular weight excluding hydrogens is 654 g/mol. The lowest BCUT2D eigenvalue weighted by Crippen LogP contribution is -2.58. The van der Waals surface area contributed by atoms with Crippen LogP contribution in [0.4, 0.5) is 5.69 Å². The van der Waals surface area contributed by atoms with Gasteiger partial charge in [0.15, 0.2) is 11.6 Å². The molecule has 0 radical (unpaired) electrons. The average Bonchev–Trinajstić information content (AvgIpc) is 3.44. The number of ketones is 2. The summed E-state index contributed by atoms with van der Waals surface area (Å²) >= 11 is 0. The Hall–Kier alpha value is -5.76. The second kappa shape index (κ2) is 12.8. The quantitative estimate of drug-likeness (QED) is 0.164. The maximum Gasteiger partial charge on any atom is 0.238 e. The predicted octanol–water partition coefficient (Wildman–Crippen LogP) is 7.00. The molecule has 2 amide bonds. The standard InChI is InChI=1S/C44H39NO7/c1-4-25-15-17-28(18-16-25)45-42(49)31-20-19-30-33(38(31)43(45)50)23-34-41(48)32(26-11-7-5-8-12-26)24-37(47)44(34,27-13-9-6-10-14-27)40(30)39-35(46)21-29(51-2)22-36(39)52-3/h5-19,21-22,24,31,33-34,38,40,46H,4,20,23H2,1-3H3/t31-,33+,34-,38-,40+,44-/m0/s1. The van der Waals surface area contributed by atoms with Crippen LogP contribution in [0.15, 0.2) is 115 Å². The highest BCUT2D eigenvalue weighted by molar-refractivity contribution is 6.32. The number of nitrogens with zero attached hydrogens (tertiary/aromatic N) is 1. The fraction of sp³-hybridized carbons (Fsp3) is 0.273. The van der Waals surface area contributed by atoms with Crippen LogP contribution in [0.5, 0.6) is 17.2 Å². The Balaban J connectivity index is 1.38. The van der Waals surface area contributed by atoms with Crippen LogP contribution in [0.2, 0.25) is 0 Å². The van der Waals surface area contributed by atoms with Crippen molar-refractivity contribution in [2.75, 3.05) is 19.1 Å². The topological polar surface area (TPSA) is 110 Å². The molecule has 4 aromatic carbocycles. The van der Waals surface area contributed by atoms with Crippen LogP contribution < -0.4 is 14.4 Å². The molecule has 8 nitrogen and oxygen atoms in total. The monoisotopic (exact) mass is 693 g/mol. The Bertz CT molecular complexity index is 2170. The molecule has 0 spiro atoms. The van der Waals surface area contributed by atoms with Gasteiger partial charge in [0.05, 0.1) is 37.2 Å². The zero-order valence-corrected chi connectivity index (χ0v) is 29.2. The van der Waals surface area contributed by atoms with Crippen LogP contribution in [0.1, 0.15) is 47.9 Å². The van der Waals surface area contributed by atoms with E-state index >= 15 is 9.59 Å². The highest BCUT2D eigenvalue weighted by Crippen LogP contribution is 2.65. The van der Waals surface area contributed by atoms with E-state index in [1.165, 1.54) is 31.3 Å². The van der Waals surface area contributed by atoms with Gasteiger partial charge in [0.2, 0.25) is 11.8 Å². The number of methoxy groups -OCH3 is 2. The number of carbonyl (C=O) groups excluding carboxylic acids is 4. The molecule has 4 aliphatic rings. The number of allylic oxidation sites excluding steroid dienone is 4. The van der Waals surface area contributed by atoms with Crippen molar-refractivity contribution in [3.63, 3.8) is 0 Å². The predicted molar refractivity (Wildman–Crippen MR) is 196 cm³/mol. The smallest absolute Gasteiger partial charge is 0.238 e. The fourth-order valence-corrected chi connectivity index (χ4v) is 9.49. The molecule has 52 heavy (non-hydrogen) atoms. The first-order valence-electron chi connectivity index (χ1n) is 17.8. The Morgan fingerprint density at radius 1 is 0.827 bits per heavy atom. The molecule has 4 aromatic rings. The van der Waals surface area contributed by atoms with E-state index in [1.807, 2.05) is 97.9 Å². The van der Waals surface area contributed by atoms with Gasteiger partial charge in [-0.2, -0.15) is 0 Å². The molecule has 8 heteroatoms. The third-order valence-electron chi connectivity index (χ3n) is 11.8. The first-order valence-corrected chi connectivity index (χ1v) is 17.8.